The summed E-state index contributed by atoms with van der Waals surface area (Å²) >= 11 is 7.48. The zero-order valence-electron chi connectivity index (χ0n) is 18.7. The third-order valence-electron chi connectivity index (χ3n) is 5.14. The summed E-state index contributed by atoms with van der Waals surface area (Å²) in [6.45, 7) is 2.86. The van der Waals surface area contributed by atoms with Crippen molar-refractivity contribution in [2.45, 2.75) is 35.8 Å². The predicted octanol–water partition coefficient (Wildman–Crippen LogP) is 4.49. The summed E-state index contributed by atoms with van der Waals surface area (Å²) in [5.74, 6) is -2.93. The van der Waals surface area contributed by atoms with Gasteiger partial charge in [-0.2, -0.15) is 17.5 Å². The minimum atomic E-state index is -5.08. The number of aromatic nitrogens is 2. The van der Waals surface area contributed by atoms with Gasteiger partial charge in [0, 0.05) is 25.7 Å². The van der Waals surface area contributed by atoms with Crippen molar-refractivity contribution < 1.29 is 31.5 Å². The number of anilines is 1. The summed E-state index contributed by atoms with van der Waals surface area (Å²) in [6, 6.07) is 15.5. The van der Waals surface area contributed by atoms with Crippen LogP contribution < -0.4 is 5.32 Å². The number of nitrogens with zero attached hydrogens (tertiary/aromatic N) is 3. The summed E-state index contributed by atoms with van der Waals surface area (Å²) in [5, 5.41) is 11.5. The quantitative estimate of drug-likeness (QED) is 0.433. The number of aliphatic carboxylic acids is 1. The topological polar surface area (TPSA) is 112 Å². The molecular weight excluding hydrogens is 541 g/mol. The van der Waals surface area contributed by atoms with Gasteiger partial charge < -0.3 is 10.4 Å². The van der Waals surface area contributed by atoms with Crippen LogP contribution in [0.25, 0.3) is 0 Å². The SMILES string of the molecule is O=C(O)C(F)(F)F.O=S(=O)(Cc1ncns1)c1ccc(N[C@@H]2CCN(Cc3ccccc3)C2)c(Cl)c1. The Morgan fingerprint density at radius 2 is 1.92 bits per heavy atom. The molecule has 1 saturated heterocycles. The van der Waals surface area contributed by atoms with Gasteiger partial charge in [0.25, 0.3) is 0 Å². The third kappa shape index (κ3) is 8.15. The largest absolute Gasteiger partial charge is 0.490 e. The van der Waals surface area contributed by atoms with E-state index < -0.39 is 22.0 Å². The Hall–Kier alpha value is -2.74. The van der Waals surface area contributed by atoms with Crippen LogP contribution in [0.1, 0.15) is 17.0 Å². The molecule has 3 aromatic rings. The molecule has 0 spiro atoms. The summed E-state index contributed by atoms with van der Waals surface area (Å²) in [5.41, 5.74) is 2.06. The number of alkyl halides is 3. The van der Waals surface area contributed by atoms with Gasteiger partial charge >= 0.3 is 12.1 Å². The second kappa shape index (κ2) is 12.0. The third-order valence-corrected chi connectivity index (χ3v) is 7.92. The second-order valence-electron chi connectivity index (χ2n) is 7.89. The number of hydrogen-bond acceptors (Lipinski definition) is 8. The first-order valence-electron chi connectivity index (χ1n) is 10.5. The highest BCUT2D eigenvalue weighted by Crippen LogP contribution is 2.29. The fraction of sp³-hybridized carbons (Fsp3) is 0.318. The van der Waals surface area contributed by atoms with Crippen LogP contribution in [0.5, 0.6) is 0 Å². The van der Waals surface area contributed by atoms with Crippen molar-refractivity contribution in [1.82, 2.24) is 14.3 Å². The van der Waals surface area contributed by atoms with Crippen LogP contribution in [0.15, 0.2) is 59.8 Å². The number of likely N-dealkylation sites (tertiary alicyclic amines) is 1. The lowest BCUT2D eigenvalue weighted by Crippen LogP contribution is -2.26. The molecule has 1 aliphatic rings. The highest BCUT2D eigenvalue weighted by Gasteiger charge is 2.38. The van der Waals surface area contributed by atoms with E-state index in [9.17, 15) is 21.6 Å². The first-order valence-corrected chi connectivity index (χ1v) is 13.3. The molecule has 36 heavy (non-hydrogen) atoms. The molecule has 8 nitrogen and oxygen atoms in total. The smallest absolute Gasteiger partial charge is 0.475 e. The summed E-state index contributed by atoms with van der Waals surface area (Å²) in [4.78, 5) is 15.4. The molecule has 1 fully saturated rings. The van der Waals surface area contributed by atoms with Gasteiger partial charge in [-0.05, 0) is 41.7 Å². The van der Waals surface area contributed by atoms with E-state index in [1.54, 1.807) is 12.1 Å². The Bertz CT molecular complexity index is 1260. The Kier molecular flexibility index (Phi) is 9.28. The summed E-state index contributed by atoms with van der Waals surface area (Å²) in [6.07, 6.45) is -2.71. The minimum Gasteiger partial charge on any atom is -0.475 e. The van der Waals surface area contributed by atoms with E-state index in [1.165, 1.54) is 18.0 Å². The van der Waals surface area contributed by atoms with Gasteiger partial charge in [-0.25, -0.2) is 18.2 Å². The Morgan fingerprint density at radius 3 is 2.50 bits per heavy atom. The van der Waals surface area contributed by atoms with Crippen molar-refractivity contribution >= 4 is 44.6 Å². The molecule has 0 unspecified atom stereocenters. The number of carbonyl (C=O) groups is 1. The van der Waals surface area contributed by atoms with Crippen molar-refractivity contribution in [2.24, 2.45) is 0 Å². The number of nitrogens with one attached hydrogen (secondary N) is 1. The number of carboxylic acid groups (broad SMARTS) is 1. The van der Waals surface area contributed by atoms with Crippen molar-refractivity contribution in [3.05, 3.63) is 70.5 Å². The lowest BCUT2D eigenvalue weighted by Gasteiger charge is -2.18. The molecule has 1 aromatic heterocycles. The molecule has 1 atom stereocenters. The minimum absolute atomic E-state index is 0.169. The van der Waals surface area contributed by atoms with E-state index in [1.807, 2.05) is 6.07 Å². The van der Waals surface area contributed by atoms with Gasteiger partial charge in [-0.15, -0.1) is 0 Å². The monoisotopic (exact) mass is 562 g/mol. The number of sulfone groups is 1. The maximum absolute atomic E-state index is 12.6. The second-order valence-corrected chi connectivity index (χ2v) is 11.2. The van der Waals surface area contributed by atoms with Crippen molar-refractivity contribution in [3.8, 4) is 0 Å². The van der Waals surface area contributed by atoms with E-state index >= 15 is 0 Å². The normalized spacial score (nSPS) is 16.3. The van der Waals surface area contributed by atoms with Gasteiger partial charge in [-0.1, -0.05) is 41.9 Å². The summed E-state index contributed by atoms with van der Waals surface area (Å²) < 4.78 is 60.7. The number of benzene rings is 2. The Balaban J connectivity index is 0.000000454. The van der Waals surface area contributed by atoms with E-state index in [-0.39, 0.29) is 16.7 Å². The average Bonchev–Trinajstić information content (AvgIpc) is 3.47. The molecular formula is C22H22ClF3N4O4S2. The molecule has 0 amide bonds. The lowest BCUT2D eigenvalue weighted by atomic mass is 10.2. The highest BCUT2D eigenvalue weighted by molar-refractivity contribution is 7.90. The van der Waals surface area contributed by atoms with Gasteiger partial charge in [0.15, 0.2) is 9.84 Å². The number of halogens is 4. The molecule has 0 aliphatic carbocycles. The van der Waals surface area contributed by atoms with Crippen molar-refractivity contribution in [2.75, 3.05) is 18.4 Å². The molecule has 0 radical (unpaired) electrons. The molecule has 194 valence electrons. The van der Waals surface area contributed by atoms with Crippen molar-refractivity contribution in [3.63, 3.8) is 0 Å². The van der Waals surface area contributed by atoms with E-state index in [0.29, 0.717) is 10.0 Å². The van der Waals surface area contributed by atoms with E-state index in [2.05, 4.69) is 43.8 Å². The first-order chi connectivity index (χ1) is 16.9. The molecule has 4 rings (SSSR count). The van der Waals surface area contributed by atoms with E-state index in [4.69, 9.17) is 21.5 Å². The number of hydrogen-bond donors (Lipinski definition) is 2. The molecule has 14 heteroatoms. The number of rotatable bonds is 7. The molecule has 0 bridgehead atoms. The predicted molar refractivity (Wildman–Crippen MR) is 130 cm³/mol. The lowest BCUT2D eigenvalue weighted by molar-refractivity contribution is -0.192. The maximum atomic E-state index is 12.6. The zero-order valence-corrected chi connectivity index (χ0v) is 21.0. The fourth-order valence-corrected chi connectivity index (χ4v) is 5.89. The zero-order chi connectivity index (χ0) is 26.3. The van der Waals surface area contributed by atoms with Crippen LogP contribution in [0, 0.1) is 0 Å². The van der Waals surface area contributed by atoms with Crippen LogP contribution in [0.3, 0.4) is 0 Å². The van der Waals surface area contributed by atoms with Crippen LogP contribution in [0.4, 0.5) is 18.9 Å². The highest BCUT2D eigenvalue weighted by atomic mass is 35.5. The van der Waals surface area contributed by atoms with Crippen LogP contribution >= 0.6 is 23.1 Å². The standard InChI is InChI=1S/C20H21ClN4O2S2.C2HF3O2/c21-18-10-17(29(26,27)13-20-22-14-23-28-20)6-7-19(18)24-16-8-9-25(12-16)11-15-4-2-1-3-5-15;3-2(4,5)1(6)7/h1-7,10,14,16,24H,8-9,11-13H2;(H,6,7)/t16-;/m1./s1. The maximum Gasteiger partial charge on any atom is 0.490 e. The Labute approximate surface area is 214 Å². The van der Waals surface area contributed by atoms with Gasteiger partial charge in [0.05, 0.1) is 15.6 Å². The van der Waals surface area contributed by atoms with Crippen LogP contribution in [-0.2, 0) is 26.9 Å². The van der Waals surface area contributed by atoms with Gasteiger partial charge in [0.1, 0.15) is 17.1 Å². The average molecular weight is 563 g/mol. The molecule has 2 heterocycles. The van der Waals surface area contributed by atoms with Crippen LogP contribution in [0.2, 0.25) is 5.02 Å². The molecule has 2 N–H and O–H groups in total. The molecule has 0 saturated carbocycles. The summed E-state index contributed by atoms with van der Waals surface area (Å²) in [7, 11) is -3.51. The molecule has 1 aliphatic heterocycles. The van der Waals surface area contributed by atoms with E-state index in [0.717, 1.165) is 43.3 Å². The van der Waals surface area contributed by atoms with Crippen LogP contribution in [-0.4, -0.2) is 59.1 Å². The first kappa shape index (κ1) is 27.8. The van der Waals surface area contributed by atoms with Gasteiger partial charge in [0.2, 0.25) is 0 Å². The number of carboxylic acids is 1. The Morgan fingerprint density at radius 1 is 1.22 bits per heavy atom. The fourth-order valence-electron chi connectivity index (χ4n) is 3.47. The van der Waals surface area contributed by atoms with Gasteiger partial charge in [-0.3, -0.25) is 4.90 Å². The molecule has 2 aromatic carbocycles. The van der Waals surface area contributed by atoms with Crippen molar-refractivity contribution in [1.29, 1.82) is 0 Å².